The summed E-state index contributed by atoms with van der Waals surface area (Å²) in [6.45, 7) is 3.14. The first kappa shape index (κ1) is 13.2. The second-order valence-corrected chi connectivity index (χ2v) is 6.65. The smallest absolute Gasteiger partial charge is 0.133 e. The van der Waals surface area contributed by atoms with Crippen LogP contribution in [-0.2, 0) is 6.42 Å². The second-order valence-electron chi connectivity index (χ2n) is 6.21. The molecule has 0 atom stereocenters. The van der Waals surface area contributed by atoms with Gasteiger partial charge in [-0.2, -0.15) is 5.10 Å². The first-order chi connectivity index (χ1) is 10.2. The first-order valence-corrected chi connectivity index (χ1v) is 8.24. The van der Waals surface area contributed by atoms with E-state index in [9.17, 15) is 0 Å². The van der Waals surface area contributed by atoms with E-state index < -0.39 is 0 Å². The van der Waals surface area contributed by atoms with E-state index in [1.165, 1.54) is 48.3 Å². The summed E-state index contributed by atoms with van der Waals surface area (Å²) in [6, 6.07) is 6.02. The summed E-state index contributed by atoms with van der Waals surface area (Å²) in [6.07, 6.45) is 6.36. The number of nitrogens with one attached hydrogen (secondary N) is 1. The molecule has 0 bridgehead atoms. The molecule has 4 rings (SSSR count). The maximum absolute atomic E-state index is 6.19. The highest BCUT2D eigenvalue weighted by Crippen LogP contribution is 2.40. The fourth-order valence-electron chi connectivity index (χ4n) is 3.71. The average molecular weight is 302 g/mol. The number of aromatic nitrogens is 2. The van der Waals surface area contributed by atoms with Gasteiger partial charge in [-0.25, -0.2) is 4.68 Å². The van der Waals surface area contributed by atoms with Gasteiger partial charge < -0.3 is 5.32 Å². The van der Waals surface area contributed by atoms with Crippen molar-refractivity contribution in [1.82, 2.24) is 9.78 Å². The number of hydrogen-bond acceptors (Lipinski definition) is 2. The molecule has 4 heteroatoms. The predicted molar refractivity (Wildman–Crippen MR) is 86.7 cm³/mol. The average Bonchev–Trinajstić information content (AvgIpc) is 3.16. The molecule has 1 N–H and O–H groups in total. The maximum atomic E-state index is 6.19. The van der Waals surface area contributed by atoms with E-state index in [4.69, 9.17) is 16.7 Å². The Labute approximate surface area is 130 Å². The Morgan fingerprint density at radius 3 is 2.90 bits per heavy atom. The van der Waals surface area contributed by atoms with Crippen molar-refractivity contribution in [3.63, 3.8) is 0 Å². The highest BCUT2D eigenvalue weighted by molar-refractivity contribution is 6.30. The van der Waals surface area contributed by atoms with Crippen LogP contribution in [0.5, 0.6) is 0 Å². The molecule has 1 saturated carbocycles. The lowest BCUT2D eigenvalue weighted by Gasteiger charge is -2.10. The Hall–Kier alpha value is -1.48. The zero-order chi connectivity index (χ0) is 14.4. The van der Waals surface area contributed by atoms with Crippen LogP contribution in [-0.4, -0.2) is 16.3 Å². The molecule has 1 aromatic heterocycles. The second kappa shape index (κ2) is 5.06. The third kappa shape index (κ3) is 2.15. The van der Waals surface area contributed by atoms with Crippen molar-refractivity contribution in [1.29, 1.82) is 0 Å². The molecule has 2 aromatic rings. The van der Waals surface area contributed by atoms with Gasteiger partial charge in [-0.3, -0.25) is 0 Å². The largest absolute Gasteiger partial charge is 0.369 e. The molecule has 1 aliphatic heterocycles. The van der Waals surface area contributed by atoms with Crippen molar-refractivity contribution in [3.05, 3.63) is 40.0 Å². The molecule has 1 fully saturated rings. The summed E-state index contributed by atoms with van der Waals surface area (Å²) < 4.78 is 2.08. The van der Waals surface area contributed by atoms with Gasteiger partial charge >= 0.3 is 0 Å². The lowest BCUT2D eigenvalue weighted by molar-refractivity contribution is 0.670. The van der Waals surface area contributed by atoms with Gasteiger partial charge in [-0.15, -0.1) is 0 Å². The van der Waals surface area contributed by atoms with E-state index in [0.29, 0.717) is 5.92 Å². The summed E-state index contributed by atoms with van der Waals surface area (Å²) in [5.41, 5.74) is 5.06. The van der Waals surface area contributed by atoms with Gasteiger partial charge in [0.05, 0.1) is 11.4 Å². The van der Waals surface area contributed by atoms with Gasteiger partial charge in [0.25, 0.3) is 0 Å². The van der Waals surface area contributed by atoms with Crippen LogP contribution in [0.1, 0.15) is 48.4 Å². The number of hydrogen-bond donors (Lipinski definition) is 1. The predicted octanol–water partition coefficient (Wildman–Crippen LogP) is 4.46. The summed E-state index contributed by atoms with van der Waals surface area (Å²) in [5.74, 6) is 1.83. The molecular weight excluding hydrogens is 282 g/mol. The number of anilines is 1. The van der Waals surface area contributed by atoms with Crippen molar-refractivity contribution in [2.45, 2.75) is 44.9 Å². The van der Waals surface area contributed by atoms with Crippen LogP contribution in [0.4, 0.5) is 5.82 Å². The minimum Gasteiger partial charge on any atom is -0.369 e. The van der Waals surface area contributed by atoms with Crippen LogP contribution in [0, 0.1) is 6.92 Å². The summed E-state index contributed by atoms with van der Waals surface area (Å²) in [7, 11) is 0. The molecule has 0 unspecified atom stereocenters. The molecule has 0 radical (unpaired) electrons. The molecule has 2 aliphatic rings. The standard InChI is InChI=1S/C17H20ClN3/c1-11-6-7-13(18)10-15(11)21-17-14(8-9-19-17)16(20-21)12-4-2-3-5-12/h6-7,10,12,19H,2-5,8-9H2,1H3. The highest BCUT2D eigenvalue weighted by atomic mass is 35.5. The maximum Gasteiger partial charge on any atom is 0.133 e. The number of rotatable bonds is 2. The van der Waals surface area contributed by atoms with Gasteiger partial charge in [0, 0.05) is 23.0 Å². The minimum atomic E-state index is 0.652. The van der Waals surface area contributed by atoms with Crippen LogP contribution < -0.4 is 5.32 Å². The molecule has 0 amide bonds. The van der Waals surface area contributed by atoms with E-state index in [2.05, 4.69) is 23.0 Å². The monoisotopic (exact) mass is 301 g/mol. The van der Waals surface area contributed by atoms with E-state index in [1.54, 1.807) is 0 Å². The van der Waals surface area contributed by atoms with Crippen LogP contribution in [0.15, 0.2) is 18.2 Å². The lowest BCUT2D eigenvalue weighted by atomic mass is 9.99. The fraction of sp³-hybridized carbons (Fsp3) is 0.471. The third-order valence-corrected chi connectivity index (χ3v) is 5.06. The van der Waals surface area contributed by atoms with Gasteiger partial charge in [-0.1, -0.05) is 30.5 Å². The SMILES string of the molecule is Cc1ccc(Cl)cc1-n1nc(C2CCCC2)c2c1NCC2. The van der Waals surface area contributed by atoms with Gasteiger partial charge in [0.2, 0.25) is 0 Å². The zero-order valence-electron chi connectivity index (χ0n) is 12.3. The summed E-state index contributed by atoms with van der Waals surface area (Å²) in [5, 5.41) is 9.26. The summed E-state index contributed by atoms with van der Waals surface area (Å²) in [4.78, 5) is 0. The van der Waals surface area contributed by atoms with E-state index in [0.717, 1.165) is 23.7 Å². The quantitative estimate of drug-likeness (QED) is 0.887. The summed E-state index contributed by atoms with van der Waals surface area (Å²) >= 11 is 6.19. The topological polar surface area (TPSA) is 29.9 Å². The van der Waals surface area contributed by atoms with Crippen molar-refractivity contribution in [2.24, 2.45) is 0 Å². The molecule has 0 spiro atoms. The Bertz CT molecular complexity index is 684. The lowest BCUT2D eigenvalue weighted by Crippen LogP contribution is -2.07. The Balaban J connectivity index is 1.86. The van der Waals surface area contributed by atoms with Crippen molar-refractivity contribution >= 4 is 17.4 Å². The normalized spacial score (nSPS) is 18.0. The fourth-order valence-corrected chi connectivity index (χ4v) is 3.88. The van der Waals surface area contributed by atoms with Gasteiger partial charge in [0.1, 0.15) is 5.82 Å². The van der Waals surface area contributed by atoms with Crippen molar-refractivity contribution in [2.75, 3.05) is 11.9 Å². The number of halogens is 1. The Kier molecular flexibility index (Phi) is 3.18. The van der Waals surface area contributed by atoms with Gasteiger partial charge in [0.15, 0.2) is 0 Å². The van der Waals surface area contributed by atoms with E-state index in [1.807, 2.05) is 12.1 Å². The van der Waals surface area contributed by atoms with Crippen molar-refractivity contribution in [3.8, 4) is 5.69 Å². The first-order valence-electron chi connectivity index (χ1n) is 7.86. The molecule has 1 aliphatic carbocycles. The number of benzene rings is 1. The molecule has 3 nitrogen and oxygen atoms in total. The van der Waals surface area contributed by atoms with Crippen molar-refractivity contribution < 1.29 is 0 Å². The molecular formula is C17H20ClN3. The van der Waals surface area contributed by atoms with Crippen LogP contribution in [0.3, 0.4) is 0 Å². The Morgan fingerprint density at radius 2 is 2.10 bits per heavy atom. The number of nitrogens with zero attached hydrogens (tertiary/aromatic N) is 2. The molecule has 2 heterocycles. The molecule has 0 saturated heterocycles. The molecule has 21 heavy (non-hydrogen) atoms. The molecule has 1 aromatic carbocycles. The Morgan fingerprint density at radius 1 is 1.29 bits per heavy atom. The third-order valence-electron chi connectivity index (χ3n) is 4.82. The highest BCUT2D eigenvalue weighted by Gasteiger charge is 2.29. The van der Waals surface area contributed by atoms with Gasteiger partial charge in [-0.05, 0) is 43.9 Å². The number of fused-ring (bicyclic) bond motifs is 1. The van der Waals surface area contributed by atoms with Crippen LogP contribution in [0.25, 0.3) is 5.69 Å². The molecule has 110 valence electrons. The zero-order valence-corrected chi connectivity index (χ0v) is 13.1. The van der Waals surface area contributed by atoms with E-state index in [-0.39, 0.29) is 0 Å². The van der Waals surface area contributed by atoms with E-state index >= 15 is 0 Å². The minimum absolute atomic E-state index is 0.652. The van der Waals surface area contributed by atoms with Crippen LogP contribution in [0.2, 0.25) is 5.02 Å². The van der Waals surface area contributed by atoms with Crippen LogP contribution >= 0.6 is 11.6 Å². The number of aryl methyl sites for hydroxylation is 1.